The quantitative estimate of drug-likeness (QED) is 0.730. The Morgan fingerprint density at radius 2 is 1.89 bits per heavy atom. The zero-order valence-electron chi connectivity index (χ0n) is 15.1. The van der Waals surface area contributed by atoms with Crippen LogP contribution >= 0.6 is 15.9 Å². The maximum absolute atomic E-state index is 13.0. The Kier molecular flexibility index (Phi) is 4.06. The van der Waals surface area contributed by atoms with Gasteiger partial charge >= 0.3 is 6.03 Å². The van der Waals surface area contributed by atoms with E-state index in [2.05, 4.69) is 20.9 Å². The minimum absolute atomic E-state index is 0.229. The van der Waals surface area contributed by atoms with Crippen molar-refractivity contribution < 1.29 is 14.4 Å². The van der Waals surface area contributed by atoms with Crippen molar-refractivity contribution in [2.24, 2.45) is 4.99 Å². The maximum atomic E-state index is 13.0. The van der Waals surface area contributed by atoms with Gasteiger partial charge in [0.25, 0.3) is 5.91 Å². The van der Waals surface area contributed by atoms with Crippen LogP contribution in [0.15, 0.2) is 45.6 Å². The van der Waals surface area contributed by atoms with Gasteiger partial charge in [0.05, 0.1) is 6.54 Å². The van der Waals surface area contributed by atoms with E-state index in [1.807, 2.05) is 42.3 Å². The number of nitrogens with zero attached hydrogens (tertiary/aromatic N) is 5. The van der Waals surface area contributed by atoms with Crippen LogP contribution in [0.4, 0.5) is 10.5 Å². The van der Waals surface area contributed by atoms with Crippen LogP contribution in [0.2, 0.25) is 0 Å². The molecule has 0 aromatic heterocycles. The molecule has 0 N–H and O–H groups in total. The number of aliphatic imine (C=N–C) groups is 1. The molecule has 2 unspecified atom stereocenters. The van der Waals surface area contributed by atoms with E-state index in [0.717, 1.165) is 20.8 Å². The first-order valence-electron chi connectivity index (χ1n) is 8.47. The average Bonchev–Trinajstić information content (AvgIpc) is 3.12. The SMILES string of the molecule is CC(=O)CN1C(=O)C2C(N=C3N(c4ccc(Br)cc4)C(C)=CN32)N(C)C1=O. The zero-order chi connectivity index (χ0) is 19.5. The summed E-state index contributed by atoms with van der Waals surface area (Å²) in [7, 11) is 1.60. The lowest BCUT2D eigenvalue weighted by molar-refractivity contribution is -0.139. The van der Waals surface area contributed by atoms with Gasteiger partial charge in [0.15, 0.2) is 12.2 Å². The second-order valence-corrected chi connectivity index (χ2v) is 7.71. The van der Waals surface area contributed by atoms with Crippen molar-refractivity contribution in [1.82, 2.24) is 14.7 Å². The summed E-state index contributed by atoms with van der Waals surface area (Å²) in [6.45, 7) is 3.07. The number of amides is 3. The van der Waals surface area contributed by atoms with Crippen molar-refractivity contribution in [3.63, 3.8) is 0 Å². The van der Waals surface area contributed by atoms with Crippen molar-refractivity contribution in [2.75, 3.05) is 18.5 Å². The van der Waals surface area contributed by atoms with Crippen LogP contribution in [0.1, 0.15) is 13.8 Å². The fourth-order valence-electron chi connectivity index (χ4n) is 3.63. The van der Waals surface area contributed by atoms with Gasteiger partial charge in [-0.05, 0) is 38.1 Å². The van der Waals surface area contributed by atoms with Crippen LogP contribution in [0, 0.1) is 0 Å². The number of guanidine groups is 1. The van der Waals surface area contributed by atoms with Crippen LogP contribution < -0.4 is 4.90 Å². The van der Waals surface area contributed by atoms with Gasteiger partial charge in [-0.25, -0.2) is 9.79 Å². The number of allylic oxidation sites excluding steroid dienone is 1. The fourth-order valence-corrected chi connectivity index (χ4v) is 3.90. The predicted molar refractivity (Wildman–Crippen MR) is 103 cm³/mol. The molecule has 0 aliphatic carbocycles. The highest BCUT2D eigenvalue weighted by Crippen LogP contribution is 2.36. The molecule has 4 rings (SSSR count). The number of anilines is 1. The zero-order valence-corrected chi connectivity index (χ0v) is 16.7. The van der Waals surface area contributed by atoms with E-state index in [4.69, 9.17) is 0 Å². The summed E-state index contributed by atoms with van der Waals surface area (Å²) in [6.07, 6.45) is 1.24. The van der Waals surface area contributed by atoms with Gasteiger partial charge in [-0.3, -0.25) is 19.4 Å². The van der Waals surface area contributed by atoms with E-state index < -0.39 is 24.1 Å². The summed E-state index contributed by atoms with van der Waals surface area (Å²) in [5, 5.41) is 0. The lowest BCUT2D eigenvalue weighted by atomic mass is 10.1. The molecule has 0 radical (unpaired) electrons. The van der Waals surface area contributed by atoms with Crippen molar-refractivity contribution in [3.05, 3.63) is 40.6 Å². The number of rotatable bonds is 3. The first-order chi connectivity index (χ1) is 12.8. The van der Waals surface area contributed by atoms with Crippen LogP contribution in [0.25, 0.3) is 0 Å². The summed E-state index contributed by atoms with van der Waals surface area (Å²) in [5.74, 6) is -0.0476. The molecule has 1 fully saturated rings. The Hall–Kier alpha value is -2.68. The third kappa shape index (κ3) is 2.64. The number of Topliss-reactive ketones (excluding diaryl/α,β-unsaturated/α-hetero) is 1. The number of carbonyl (C=O) groups excluding carboxylic acids is 3. The molecule has 0 spiro atoms. The Balaban J connectivity index is 1.71. The molecule has 1 aromatic rings. The number of imide groups is 1. The number of hydrogen-bond acceptors (Lipinski definition) is 6. The van der Waals surface area contributed by atoms with Gasteiger partial charge in [0.1, 0.15) is 5.78 Å². The number of hydrogen-bond donors (Lipinski definition) is 0. The Morgan fingerprint density at radius 3 is 2.52 bits per heavy atom. The lowest BCUT2D eigenvalue weighted by Gasteiger charge is -2.39. The van der Waals surface area contributed by atoms with Crippen molar-refractivity contribution >= 4 is 45.3 Å². The Morgan fingerprint density at radius 1 is 1.22 bits per heavy atom. The third-order valence-electron chi connectivity index (χ3n) is 4.85. The van der Waals surface area contributed by atoms with Crippen molar-refractivity contribution in [2.45, 2.75) is 26.1 Å². The number of carbonyl (C=O) groups is 3. The number of benzene rings is 1. The first-order valence-corrected chi connectivity index (χ1v) is 9.27. The molecule has 3 aliphatic heterocycles. The normalized spacial score (nSPS) is 24.1. The first kappa shape index (κ1) is 17.7. The number of fused-ring (bicyclic) bond motifs is 3. The topological polar surface area (TPSA) is 76.5 Å². The van der Waals surface area contributed by atoms with Crippen LogP contribution in [0.3, 0.4) is 0 Å². The molecular formula is C18H18BrN5O3. The molecule has 3 aliphatic rings. The van der Waals surface area contributed by atoms with E-state index in [0.29, 0.717) is 5.96 Å². The molecule has 0 saturated carbocycles. The van der Waals surface area contributed by atoms with E-state index in [1.165, 1.54) is 11.8 Å². The highest BCUT2D eigenvalue weighted by atomic mass is 79.9. The Bertz CT molecular complexity index is 910. The van der Waals surface area contributed by atoms with Gasteiger partial charge < -0.3 is 9.80 Å². The van der Waals surface area contributed by atoms with Crippen LogP contribution in [-0.2, 0) is 9.59 Å². The largest absolute Gasteiger partial charge is 0.328 e. The number of halogens is 1. The smallest absolute Gasteiger partial charge is 0.302 e. The number of likely N-dealkylation sites (N-methyl/N-ethyl adjacent to an activating group) is 1. The standard InChI is InChI=1S/C18H18BrN5O3/c1-10-8-22-14-15(21(3)18(27)23(16(14)26)9-11(2)25)20-17(22)24(10)13-6-4-12(19)5-7-13/h4-8,14-15H,9H2,1-3H3. The predicted octanol–water partition coefficient (Wildman–Crippen LogP) is 1.98. The van der Waals surface area contributed by atoms with E-state index in [1.54, 1.807) is 11.9 Å². The molecule has 3 amide bonds. The van der Waals surface area contributed by atoms with Crippen molar-refractivity contribution in [3.8, 4) is 0 Å². The van der Waals surface area contributed by atoms with Crippen LogP contribution in [-0.4, -0.2) is 64.2 Å². The average molecular weight is 432 g/mol. The lowest BCUT2D eigenvalue weighted by Crippen LogP contribution is -2.64. The molecule has 27 heavy (non-hydrogen) atoms. The third-order valence-corrected chi connectivity index (χ3v) is 5.38. The van der Waals surface area contributed by atoms with Gasteiger partial charge in [-0.1, -0.05) is 15.9 Å². The molecule has 0 bridgehead atoms. The number of urea groups is 1. The monoisotopic (exact) mass is 431 g/mol. The summed E-state index contributed by atoms with van der Waals surface area (Å²) < 4.78 is 0.964. The minimum atomic E-state index is -0.669. The molecule has 9 heteroatoms. The molecular weight excluding hydrogens is 414 g/mol. The van der Waals surface area contributed by atoms with Gasteiger partial charge in [0, 0.05) is 29.1 Å². The molecule has 140 valence electrons. The van der Waals surface area contributed by atoms with E-state index in [-0.39, 0.29) is 12.3 Å². The van der Waals surface area contributed by atoms with Crippen LogP contribution in [0.5, 0.6) is 0 Å². The van der Waals surface area contributed by atoms with E-state index in [9.17, 15) is 14.4 Å². The van der Waals surface area contributed by atoms with Crippen molar-refractivity contribution in [1.29, 1.82) is 0 Å². The highest BCUT2D eigenvalue weighted by Gasteiger charge is 2.54. The summed E-state index contributed by atoms with van der Waals surface area (Å²) in [5.41, 5.74) is 1.83. The fraction of sp³-hybridized carbons (Fsp3) is 0.333. The molecule has 3 heterocycles. The minimum Gasteiger partial charge on any atom is -0.302 e. The Labute approximate surface area is 164 Å². The molecule has 1 aromatic carbocycles. The van der Waals surface area contributed by atoms with Gasteiger partial charge in [-0.2, -0.15) is 0 Å². The highest BCUT2D eigenvalue weighted by molar-refractivity contribution is 9.10. The molecule has 1 saturated heterocycles. The molecule has 2 atom stereocenters. The van der Waals surface area contributed by atoms with Gasteiger partial charge in [0.2, 0.25) is 5.96 Å². The number of ketones is 1. The maximum Gasteiger partial charge on any atom is 0.328 e. The second-order valence-electron chi connectivity index (χ2n) is 6.80. The summed E-state index contributed by atoms with van der Waals surface area (Å²) in [4.78, 5) is 47.9. The second kappa shape index (κ2) is 6.19. The summed E-state index contributed by atoms with van der Waals surface area (Å²) in [6, 6.07) is 6.60. The molecule has 8 nitrogen and oxygen atoms in total. The van der Waals surface area contributed by atoms with Gasteiger partial charge in [-0.15, -0.1) is 0 Å². The van der Waals surface area contributed by atoms with E-state index >= 15 is 0 Å². The summed E-state index contributed by atoms with van der Waals surface area (Å²) >= 11 is 3.43.